The second kappa shape index (κ2) is 8.15. The number of benzene rings is 5. The molecule has 38 heavy (non-hydrogen) atoms. The van der Waals surface area contributed by atoms with Gasteiger partial charge in [-0.3, -0.25) is 0 Å². The van der Waals surface area contributed by atoms with Gasteiger partial charge in [0.05, 0.1) is 22.1 Å². The van der Waals surface area contributed by atoms with Crippen LogP contribution in [0.1, 0.15) is 0 Å². The minimum absolute atomic E-state index is 0.596. The molecule has 0 aliphatic heterocycles. The molecule has 3 aromatic heterocycles. The van der Waals surface area contributed by atoms with Crippen LogP contribution in [0.3, 0.4) is 0 Å². The van der Waals surface area contributed by atoms with Gasteiger partial charge in [0.25, 0.3) is 0 Å². The molecular formula is C34H21N3O. The first-order chi connectivity index (χ1) is 18.8. The van der Waals surface area contributed by atoms with E-state index in [1.54, 1.807) is 0 Å². The van der Waals surface area contributed by atoms with Crippen molar-refractivity contribution in [2.45, 2.75) is 0 Å². The van der Waals surface area contributed by atoms with Crippen molar-refractivity contribution in [3.8, 4) is 28.3 Å². The summed E-state index contributed by atoms with van der Waals surface area (Å²) in [5.41, 5.74) is 7.69. The van der Waals surface area contributed by atoms with E-state index in [4.69, 9.17) is 14.4 Å². The second-order valence-corrected chi connectivity index (χ2v) is 9.46. The van der Waals surface area contributed by atoms with Gasteiger partial charge in [-0.05, 0) is 30.3 Å². The highest BCUT2D eigenvalue weighted by molar-refractivity contribution is 6.13. The lowest BCUT2D eigenvalue weighted by Gasteiger charge is -2.10. The lowest BCUT2D eigenvalue weighted by atomic mass is 10.0. The van der Waals surface area contributed by atoms with Gasteiger partial charge >= 0.3 is 0 Å². The summed E-state index contributed by atoms with van der Waals surface area (Å²) in [5.74, 6) is 0.649. The largest absolute Gasteiger partial charge is 0.438 e. The Kier molecular flexibility index (Phi) is 4.49. The molecule has 0 amide bonds. The van der Waals surface area contributed by atoms with Gasteiger partial charge in [-0.2, -0.15) is 4.98 Å². The third-order valence-electron chi connectivity index (χ3n) is 7.23. The molecule has 8 aromatic rings. The minimum atomic E-state index is 0.596. The summed E-state index contributed by atoms with van der Waals surface area (Å²) in [6.07, 6.45) is 0. The summed E-state index contributed by atoms with van der Waals surface area (Å²) in [5, 5.41) is 4.38. The first-order valence-corrected chi connectivity index (χ1v) is 12.7. The molecule has 4 nitrogen and oxygen atoms in total. The lowest BCUT2D eigenvalue weighted by Crippen LogP contribution is -1.95. The lowest BCUT2D eigenvalue weighted by molar-refractivity contribution is 0.653. The molecule has 0 atom stereocenters. The summed E-state index contributed by atoms with van der Waals surface area (Å²) >= 11 is 0. The van der Waals surface area contributed by atoms with Crippen LogP contribution in [-0.2, 0) is 0 Å². The molecule has 0 unspecified atom stereocenters. The number of furan rings is 1. The van der Waals surface area contributed by atoms with Crippen LogP contribution in [-0.4, -0.2) is 14.5 Å². The number of hydrogen-bond acceptors (Lipinski definition) is 3. The summed E-state index contributed by atoms with van der Waals surface area (Å²) in [6, 6.07) is 43.9. The van der Waals surface area contributed by atoms with Crippen molar-refractivity contribution in [3.05, 3.63) is 127 Å². The number of hydrogen-bond donors (Lipinski definition) is 0. The summed E-state index contributed by atoms with van der Waals surface area (Å²) in [6.45, 7) is 0. The Bertz CT molecular complexity index is 2120. The van der Waals surface area contributed by atoms with Gasteiger partial charge < -0.3 is 8.98 Å². The number of aromatic nitrogens is 3. The highest BCUT2D eigenvalue weighted by Gasteiger charge is 2.20. The van der Waals surface area contributed by atoms with Crippen LogP contribution >= 0.6 is 0 Å². The second-order valence-electron chi connectivity index (χ2n) is 9.46. The van der Waals surface area contributed by atoms with Crippen molar-refractivity contribution in [2.75, 3.05) is 0 Å². The number of rotatable bonds is 3. The first kappa shape index (κ1) is 20.9. The Labute approximate surface area is 218 Å². The average molecular weight is 488 g/mol. The molecule has 5 aromatic carbocycles. The first-order valence-electron chi connectivity index (χ1n) is 12.7. The van der Waals surface area contributed by atoms with E-state index in [1.165, 1.54) is 16.3 Å². The van der Waals surface area contributed by atoms with Gasteiger partial charge in [0.15, 0.2) is 5.82 Å². The Morgan fingerprint density at radius 3 is 2.05 bits per heavy atom. The average Bonchev–Trinajstić information content (AvgIpc) is 3.53. The van der Waals surface area contributed by atoms with Crippen molar-refractivity contribution in [1.82, 2.24) is 14.5 Å². The van der Waals surface area contributed by atoms with Crippen LogP contribution in [0.25, 0.3) is 72.2 Å². The van der Waals surface area contributed by atoms with E-state index < -0.39 is 0 Å². The highest BCUT2D eigenvalue weighted by Crippen LogP contribution is 2.39. The molecule has 0 spiro atoms. The molecule has 0 fully saturated rings. The topological polar surface area (TPSA) is 43.9 Å². The molecule has 8 rings (SSSR count). The van der Waals surface area contributed by atoms with Gasteiger partial charge in [-0.25, -0.2) is 4.98 Å². The highest BCUT2D eigenvalue weighted by atomic mass is 16.3. The van der Waals surface area contributed by atoms with Crippen molar-refractivity contribution in [3.63, 3.8) is 0 Å². The van der Waals surface area contributed by atoms with E-state index in [9.17, 15) is 0 Å². The smallest absolute Gasteiger partial charge is 0.231 e. The third-order valence-corrected chi connectivity index (χ3v) is 7.23. The van der Waals surface area contributed by atoms with Crippen molar-refractivity contribution >= 4 is 43.9 Å². The summed E-state index contributed by atoms with van der Waals surface area (Å²) in [4.78, 5) is 9.99. The van der Waals surface area contributed by atoms with Crippen molar-refractivity contribution in [2.24, 2.45) is 0 Å². The number of para-hydroxylation sites is 3. The van der Waals surface area contributed by atoms with E-state index in [0.29, 0.717) is 11.5 Å². The molecule has 0 aliphatic rings. The normalized spacial score (nSPS) is 11.7. The van der Waals surface area contributed by atoms with E-state index in [2.05, 4.69) is 83.4 Å². The molecule has 0 radical (unpaired) electrons. The monoisotopic (exact) mass is 487 g/mol. The van der Waals surface area contributed by atoms with Crippen molar-refractivity contribution < 1.29 is 4.42 Å². The van der Waals surface area contributed by atoms with Gasteiger partial charge in [0.1, 0.15) is 5.58 Å². The fraction of sp³-hybridized carbons (Fsp3) is 0. The molecule has 3 heterocycles. The summed E-state index contributed by atoms with van der Waals surface area (Å²) < 4.78 is 8.58. The maximum atomic E-state index is 6.25. The van der Waals surface area contributed by atoms with Crippen LogP contribution < -0.4 is 0 Å². The maximum absolute atomic E-state index is 6.25. The van der Waals surface area contributed by atoms with Crippen LogP contribution in [0.5, 0.6) is 0 Å². The molecule has 0 aliphatic carbocycles. The van der Waals surface area contributed by atoms with E-state index in [-0.39, 0.29) is 0 Å². The quantitative estimate of drug-likeness (QED) is 0.250. The standard InChI is InChI=1S/C34H21N3O/c1-3-11-22(12-4-1)33-35-32(31-27-16-8-10-18-30(27)38-34(31)36-33)23-19-20-26-25-15-7-9-17-28(25)37(29(26)21-23)24-13-5-2-6-14-24/h1-21H. The van der Waals surface area contributed by atoms with Gasteiger partial charge in [-0.1, -0.05) is 97.1 Å². The maximum Gasteiger partial charge on any atom is 0.231 e. The predicted molar refractivity (Wildman–Crippen MR) is 155 cm³/mol. The van der Waals surface area contributed by atoms with Crippen LogP contribution in [0.4, 0.5) is 0 Å². The molecule has 0 saturated heterocycles. The van der Waals surface area contributed by atoms with E-state index in [0.717, 1.165) is 44.4 Å². The Balaban J connectivity index is 1.47. The van der Waals surface area contributed by atoms with Gasteiger partial charge in [0, 0.05) is 33.0 Å². The Hall–Kier alpha value is -5.22. The SMILES string of the molecule is c1ccc(-c2nc(-c3ccc4c5ccccc5n(-c5ccccc5)c4c3)c3c(n2)oc2ccccc23)cc1. The molecular weight excluding hydrogens is 466 g/mol. The zero-order valence-electron chi connectivity index (χ0n) is 20.4. The molecule has 0 bridgehead atoms. The fourth-order valence-corrected chi connectivity index (χ4v) is 5.52. The van der Waals surface area contributed by atoms with E-state index >= 15 is 0 Å². The van der Waals surface area contributed by atoms with Crippen molar-refractivity contribution in [1.29, 1.82) is 0 Å². The van der Waals surface area contributed by atoms with Crippen LogP contribution in [0.2, 0.25) is 0 Å². The van der Waals surface area contributed by atoms with Gasteiger partial charge in [0.2, 0.25) is 5.71 Å². The molecule has 0 N–H and O–H groups in total. The number of nitrogens with zero attached hydrogens (tertiary/aromatic N) is 3. The van der Waals surface area contributed by atoms with Crippen LogP contribution in [0.15, 0.2) is 132 Å². The van der Waals surface area contributed by atoms with E-state index in [1.807, 2.05) is 48.5 Å². The zero-order valence-corrected chi connectivity index (χ0v) is 20.4. The predicted octanol–water partition coefficient (Wildman–Crippen LogP) is 8.81. The minimum Gasteiger partial charge on any atom is -0.438 e. The molecule has 4 heteroatoms. The van der Waals surface area contributed by atoms with Crippen LogP contribution in [0, 0.1) is 0 Å². The Morgan fingerprint density at radius 1 is 0.526 bits per heavy atom. The molecule has 178 valence electrons. The third kappa shape index (κ3) is 3.10. The van der Waals surface area contributed by atoms with Gasteiger partial charge in [-0.15, -0.1) is 0 Å². The molecule has 0 saturated carbocycles. The Morgan fingerprint density at radius 2 is 1.21 bits per heavy atom. The zero-order chi connectivity index (χ0) is 25.1. The summed E-state index contributed by atoms with van der Waals surface area (Å²) in [7, 11) is 0. The fourth-order valence-electron chi connectivity index (χ4n) is 5.52. The number of fused-ring (bicyclic) bond motifs is 6.